The van der Waals surface area contributed by atoms with Crippen LogP contribution in [0.2, 0.25) is 0 Å². The molecule has 104 valence electrons. The lowest BCUT2D eigenvalue weighted by atomic mass is 9.85. The molecular weight excluding hydrogens is 242 g/mol. The number of anilines is 1. The van der Waals surface area contributed by atoms with E-state index in [1.165, 1.54) is 0 Å². The van der Waals surface area contributed by atoms with Gasteiger partial charge in [-0.25, -0.2) is 0 Å². The third-order valence-corrected chi connectivity index (χ3v) is 3.08. The molecule has 0 aliphatic rings. The highest BCUT2D eigenvalue weighted by molar-refractivity contribution is 5.94. The number of amides is 1. The first kappa shape index (κ1) is 15.2. The van der Waals surface area contributed by atoms with Gasteiger partial charge in [0.15, 0.2) is 0 Å². The second-order valence-electron chi connectivity index (χ2n) is 6.21. The molecule has 0 bridgehead atoms. The van der Waals surface area contributed by atoms with Gasteiger partial charge in [0, 0.05) is 11.1 Å². The van der Waals surface area contributed by atoms with Crippen molar-refractivity contribution in [1.82, 2.24) is 0 Å². The van der Waals surface area contributed by atoms with Gasteiger partial charge < -0.3 is 10.4 Å². The van der Waals surface area contributed by atoms with E-state index in [2.05, 4.69) is 5.32 Å². The Morgan fingerprint density at radius 2 is 1.47 bits per heavy atom. The van der Waals surface area contributed by atoms with Crippen molar-refractivity contribution in [3.63, 3.8) is 0 Å². The molecule has 0 atom stereocenters. The van der Waals surface area contributed by atoms with E-state index in [1.807, 2.05) is 20.8 Å². The molecule has 0 fully saturated rings. The zero-order valence-corrected chi connectivity index (χ0v) is 12.1. The van der Waals surface area contributed by atoms with E-state index in [0.29, 0.717) is 11.3 Å². The fraction of sp³-hybridized carbons (Fsp3) is 0.467. The van der Waals surface area contributed by atoms with Crippen LogP contribution in [0.4, 0.5) is 5.69 Å². The maximum absolute atomic E-state index is 11.8. The summed E-state index contributed by atoms with van der Waals surface area (Å²) < 4.78 is 0. The zero-order chi connectivity index (χ0) is 14.8. The van der Waals surface area contributed by atoms with Crippen LogP contribution < -0.4 is 5.32 Å². The first-order valence-electron chi connectivity index (χ1n) is 6.20. The molecule has 0 unspecified atom stereocenters. The minimum absolute atomic E-state index is 0.0715. The lowest BCUT2D eigenvalue weighted by Crippen LogP contribution is -2.29. The van der Waals surface area contributed by atoms with Crippen LogP contribution >= 0.6 is 0 Å². The number of benzene rings is 1. The minimum Gasteiger partial charge on any atom is -0.481 e. The summed E-state index contributed by atoms with van der Waals surface area (Å²) in [5.74, 6) is -0.947. The summed E-state index contributed by atoms with van der Waals surface area (Å²) in [7, 11) is 0. The number of carboxylic acids is 1. The van der Waals surface area contributed by atoms with Gasteiger partial charge in [-0.1, -0.05) is 32.9 Å². The average Bonchev–Trinajstić information content (AvgIpc) is 2.28. The molecule has 2 N–H and O–H groups in total. The van der Waals surface area contributed by atoms with Crippen molar-refractivity contribution in [2.45, 2.75) is 40.0 Å². The number of carboxylic acid groups (broad SMARTS) is 1. The fourth-order valence-electron chi connectivity index (χ4n) is 1.41. The number of carbonyl (C=O) groups excluding carboxylic acids is 1. The van der Waals surface area contributed by atoms with Crippen LogP contribution in [0.5, 0.6) is 0 Å². The van der Waals surface area contributed by atoms with Crippen molar-refractivity contribution in [2.24, 2.45) is 5.41 Å². The van der Waals surface area contributed by atoms with E-state index >= 15 is 0 Å². The van der Waals surface area contributed by atoms with Crippen LogP contribution in [-0.2, 0) is 15.0 Å². The minimum atomic E-state index is -0.938. The first-order valence-corrected chi connectivity index (χ1v) is 6.20. The summed E-state index contributed by atoms with van der Waals surface area (Å²) in [6.07, 6.45) is 0. The molecule has 0 heterocycles. The number of aliphatic carboxylic acids is 1. The first-order chi connectivity index (χ1) is 8.55. The standard InChI is InChI=1S/C15H21NO3/c1-14(2,3)12(17)16-11-8-6-10(7-9-11)15(4,5)13(18)19/h6-9H,1-5H3,(H,16,17)(H,18,19). The summed E-state index contributed by atoms with van der Waals surface area (Å²) in [4.78, 5) is 23.0. The number of hydrogen-bond acceptors (Lipinski definition) is 2. The van der Waals surface area contributed by atoms with Gasteiger partial charge in [-0.15, -0.1) is 0 Å². The maximum Gasteiger partial charge on any atom is 0.313 e. The Balaban J connectivity index is 2.89. The summed E-state index contributed by atoms with van der Waals surface area (Å²) in [6, 6.07) is 6.91. The van der Waals surface area contributed by atoms with Crippen LogP contribution in [0.3, 0.4) is 0 Å². The molecule has 1 rings (SSSR count). The maximum atomic E-state index is 11.8. The quantitative estimate of drug-likeness (QED) is 0.880. The van der Waals surface area contributed by atoms with E-state index < -0.39 is 16.8 Å². The Kier molecular flexibility index (Phi) is 4.03. The number of hydrogen-bond donors (Lipinski definition) is 2. The van der Waals surface area contributed by atoms with E-state index in [-0.39, 0.29) is 5.91 Å². The molecule has 0 aromatic heterocycles. The van der Waals surface area contributed by atoms with Gasteiger partial charge in [-0.3, -0.25) is 9.59 Å². The Labute approximate surface area is 113 Å². The second-order valence-corrected chi connectivity index (χ2v) is 6.21. The number of rotatable bonds is 3. The number of nitrogens with one attached hydrogen (secondary N) is 1. The lowest BCUT2D eigenvalue weighted by molar-refractivity contribution is -0.142. The van der Waals surface area contributed by atoms with Gasteiger partial charge in [0.2, 0.25) is 5.91 Å². The molecule has 1 aromatic carbocycles. The van der Waals surface area contributed by atoms with Crippen molar-refractivity contribution in [1.29, 1.82) is 0 Å². The van der Waals surface area contributed by atoms with E-state index in [4.69, 9.17) is 5.11 Å². The average molecular weight is 263 g/mol. The van der Waals surface area contributed by atoms with Gasteiger partial charge in [0.05, 0.1) is 5.41 Å². The summed E-state index contributed by atoms with van der Waals surface area (Å²) in [5, 5.41) is 11.9. The lowest BCUT2D eigenvalue weighted by Gasteiger charge is -2.21. The third-order valence-electron chi connectivity index (χ3n) is 3.08. The smallest absolute Gasteiger partial charge is 0.313 e. The molecule has 4 heteroatoms. The van der Waals surface area contributed by atoms with Crippen LogP contribution in [0.1, 0.15) is 40.2 Å². The fourth-order valence-corrected chi connectivity index (χ4v) is 1.41. The van der Waals surface area contributed by atoms with Gasteiger partial charge in [0.1, 0.15) is 0 Å². The van der Waals surface area contributed by atoms with Gasteiger partial charge in [0.25, 0.3) is 0 Å². The zero-order valence-electron chi connectivity index (χ0n) is 12.1. The van der Waals surface area contributed by atoms with Crippen molar-refractivity contribution >= 4 is 17.6 Å². The molecule has 0 aliphatic heterocycles. The Morgan fingerprint density at radius 3 is 1.84 bits per heavy atom. The van der Waals surface area contributed by atoms with Crippen LogP contribution in [0.15, 0.2) is 24.3 Å². The predicted octanol–water partition coefficient (Wildman–Crippen LogP) is 3.03. The van der Waals surface area contributed by atoms with Crippen LogP contribution in [-0.4, -0.2) is 17.0 Å². The molecule has 0 spiro atoms. The van der Waals surface area contributed by atoms with Gasteiger partial charge >= 0.3 is 5.97 Å². The Morgan fingerprint density at radius 1 is 1.00 bits per heavy atom. The van der Waals surface area contributed by atoms with Crippen LogP contribution in [0.25, 0.3) is 0 Å². The third kappa shape index (κ3) is 3.56. The summed E-state index contributed by atoms with van der Waals surface area (Å²) in [5.41, 5.74) is -0.0235. The van der Waals surface area contributed by atoms with Gasteiger partial charge in [-0.05, 0) is 31.5 Å². The van der Waals surface area contributed by atoms with E-state index in [9.17, 15) is 9.59 Å². The Hall–Kier alpha value is -1.84. The molecule has 19 heavy (non-hydrogen) atoms. The Bertz CT molecular complexity index is 481. The molecule has 0 radical (unpaired) electrons. The molecular formula is C15H21NO3. The highest BCUT2D eigenvalue weighted by atomic mass is 16.4. The molecule has 1 aromatic rings. The predicted molar refractivity (Wildman–Crippen MR) is 75.2 cm³/mol. The van der Waals surface area contributed by atoms with Gasteiger partial charge in [-0.2, -0.15) is 0 Å². The molecule has 0 aliphatic carbocycles. The van der Waals surface area contributed by atoms with Crippen molar-refractivity contribution in [3.8, 4) is 0 Å². The normalized spacial score (nSPS) is 12.1. The van der Waals surface area contributed by atoms with Crippen molar-refractivity contribution in [3.05, 3.63) is 29.8 Å². The summed E-state index contributed by atoms with van der Waals surface area (Å²) >= 11 is 0. The van der Waals surface area contributed by atoms with E-state index in [1.54, 1.807) is 38.1 Å². The molecule has 0 saturated heterocycles. The number of carbonyl (C=O) groups is 2. The second kappa shape index (κ2) is 5.03. The highest BCUT2D eigenvalue weighted by Crippen LogP contribution is 2.25. The summed E-state index contributed by atoms with van der Waals surface area (Å²) in [6.45, 7) is 8.81. The van der Waals surface area contributed by atoms with Crippen molar-refractivity contribution in [2.75, 3.05) is 5.32 Å². The SMILES string of the molecule is CC(C)(C)C(=O)Nc1ccc(C(C)(C)C(=O)O)cc1. The largest absolute Gasteiger partial charge is 0.481 e. The molecule has 0 saturated carbocycles. The molecule has 4 nitrogen and oxygen atoms in total. The monoisotopic (exact) mass is 263 g/mol. The van der Waals surface area contributed by atoms with E-state index in [0.717, 1.165) is 0 Å². The highest BCUT2D eigenvalue weighted by Gasteiger charge is 2.29. The van der Waals surface area contributed by atoms with Crippen LogP contribution in [0, 0.1) is 5.41 Å². The topological polar surface area (TPSA) is 66.4 Å². The molecule has 1 amide bonds. The van der Waals surface area contributed by atoms with Crippen molar-refractivity contribution < 1.29 is 14.7 Å².